The van der Waals surface area contributed by atoms with E-state index in [4.69, 9.17) is 0 Å². The first-order valence-electron chi connectivity index (χ1n) is 5.24. The van der Waals surface area contributed by atoms with Crippen LogP contribution < -0.4 is 10.6 Å². The van der Waals surface area contributed by atoms with Gasteiger partial charge in [-0.3, -0.25) is 4.79 Å². The van der Waals surface area contributed by atoms with E-state index in [1.54, 1.807) is 6.92 Å². The number of hydrogen-bond acceptors (Lipinski definition) is 2. The molecule has 0 aromatic carbocycles. The molecule has 2 N–H and O–H groups in total. The van der Waals surface area contributed by atoms with Crippen LogP contribution in [0.4, 0.5) is 0 Å². The summed E-state index contributed by atoms with van der Waals surface area (Å²) in [5.74, 6) is 0.813. The number of nitrogens with one attached hydrogen (secondary N) is 2. The highest BCUT2D eigenvalue weighted by Crippen LogP contribution is 2.30. The molecule has 3 heteroatoms. The Kier molecular flexibility index (Phi) is 2.54. The van der Waals surface area contributed by atoms with E-state index in [1.165, 1.54) is 25.7 Å². The third-order valence-corrected chi connectivity index (χ3v) is 3.21. The minimum absolute atomic E-state index is 0.103. The first kappa shape index (κ1) is 9.00. The van der Waals surface area contributed by atoms with Gasteiger partial charge in [0.05, 0.1) is 0 Å². The highest BCUT2D eigenvalue weighted by atomic mass is 16.1. The maximum Gasteiger partial charge on any atom is 0.216 e. The van der Waals surface area contributed by atoms with Crippen LogP contribution in [-0.4, -0.2) is 24.5 Å². The van der Waals surface area contributed by atoms with E-state index in [9.17, 15) is 4.79 Å². The summed E-state index contributed by atoms with van der Waals surface area (Å²) in [6.45, 7) is 2.47. The molecule has 2 atom stereocenters. The fourth-order valence-electron chi connectivity index (χ4n) is 2.63. The van der Waals surface area contributed by atoms with Crippen molar-refractivity contribution in [1.82, 2.24) is 10.6 Å². The average Bonchev–Trinajstić information content (AvgIpc) is 2.42. The molecule has 0 aromatic rings. The SMILES string of the molecule is CC(=O)NCC1CC2CCC(C1)N2. The molecular formula is C10H18N2O. The highest BCUT2D eigenvalue weighted by molar-refractivity contribution is 5.72. The molecule has 74 valence electrons. The second-order valence-corrected chi connectivity index (χ2v) is 4.41. The Bertz CT molecular complexity index is 193. The van der Waals surface area contributed by atoms with Crippen LogP contribution in [0, 0.1) is 5.92 Å². The molecule has 0 aromatic heterocycles. The van der Waals surface area contributed by atoms with Crippen LogP contribution in [0.15, 0.2) is 0 Å². The Balaban J connectivity index is 1.78. The molecule has 2 unspecified atom stereocenters. The lowest BCUT2D eigenvalue weighted by Gasteiger charge is -2.28. The van der Waals surface area contributed by atoms with Crippen molar-refractivity contribution in [2.24, 2.45) is 5.92 Å². The van der Waals surface area contributed by atoms with Crippen molar-refractivity contribution in [3.63, 3.8) is 0 Å². The van der Waals surface area contributed by atoms with E-state index in [0.29, 0.717) is 5.92 Å². The number of rotatable bonds is 2. The monoisotopic (exact) mass is 182 g/mol. The summed E-state index contributed by atoms with van der Waals surface area (Å²) in [5, 5.41) is 6.51. The summed E-state index contributed by atoms with van der Waals surface area (Å²) >= 11 is 0. The lowest BCUT2D eigenvalue weighted by Crippen LogP contribution is -2.41. The Morgan fingerprint density at radius 2 is 2.00 bits per heavy atom. The van der Waals surface area contributed by atoms with Crippen molar-refractivity contribution in [3.8, 4) is 0 Å². The zero-order valence-electron chi connectivity index (χ0n) is 8.18. The smallest absolute Gasteiger partial charge is 0.216 e. The molecular weight excluding hydrogens is 164 g/mol. The summed E-state index contributed by atoms with van der Waals surface area (Å²) in [6, 6.07) is 1.47. The standard InChI is InChI=1S/C10H18N2O/c1-7(13)11-6-8-4-9-2-3-10(5-8)12-9/h8-10,12H,2-6H2,1H3,(H,11,13). The van der Waals surface area contributed by atoms with Gasteiger partial charge in [0.2, 0.25) is 5.91 Å². The van der Waals surface area contributed by atoms with Gasteiger partial charge in [-0.2, -0.15) is 0 Å². The zero-order valence-corrected chi connectivity index (χ0v) is 8.18. The third kappa shape index (κ3) is 2.21. The molecule has 2 saturated heterocycles. The maximum absolute atomic E-state index is 10.7. The highest BCUT2D eigenvalue weighted by Gasteiger charge is 2.33. The molecule has 2 rings (SSSR count). The van der Waals surface area contributed by atoms with Gasteiger partial charge in [-0.25, -0.2) is 0 Å². The predicted octanol–water partition coefficient (Wildman–Crippen LogP) is 0.653. The van der Waals surface area contributed by atoms with E-state index in [0.717, 1.165) is 18.6 Å². The molecule has 13 heavy (non-hydrogen) atoms. The molecule has 3 nitrogen and oxygen atoms in total. The Labute approximate surface area is 79.3 Å². The van der Waals surface area contributed by atoms with Crippen LogP contribution in [0.3, 0.4) is 0 Å². The van der Waals surface area contributed by atoms with Gasteiger partial charge < -0.3 is 10.6 Å². The first-order valence-corrected chi connectivity index (χ1v) is 5.24. The van der Waals surface area contributed by atoms with Crippen LogP contribution in [-0.2, 0) is 4.79 Å². The van der Waals surface area contributed by atoms with Crippen LogP contribution >= 0.6 is 0 Å². The topological polar surface area (TPSA) is 41.1 Å². The number of carbonyl (C=O) groups excluding carboxylic acids is 1. The molecule has 2 heterocycles. The van der Waals surface area contributed by atoms with Gasteiger partial charge in [0.15, 0.2) is 0 Å². The summed E-state index contributed by atoms with van der Waals surface area (Å²) in [6.07, 6.45) is 5.16. The van der Waals surface area contributed by atoms with Gasteiger partial charge in [0.1, 0.15) is 0 Å². The summed E-state index contributed by atoms with van der Waals surface area (Å²) < 4.78 is 0. The molecule has 0 saturated carbocycles. The molecule has 2 fully saturated rings. The normalized spacial score (nSPS) is 37.5. The molecule has 0 radical (unpaired) electrons. The van der Waals surface area contributed by atoms with Crippen LogP contribution in [0.2, 0.25) is 0 Å². The quantitative estimate of drug-likeness (QED) is 0.658. The van der Waals surface area contributed by atoms with Gasteiger partial charge in [-0.1, -0.05) is 0 Å². The molecule has 0 aliphatic carbocycles. The summed E-state index contributed by atoms with van der Waals surface area (Å²) in [5.41, 5.74) is 0. The van der Waals surface area contributed by atoms with Crippen molar-refractivity contribution in [3.05, 3.63) is 0 Å². The molecule has 0 spiro atoms. The number of hydrogen-bond donors (Lipinski definition) is 2. The lowest BCUT2D eigenvalue weighted by molar-refractivity contribution is -0.119. The van der Waals surface area contributed by atoms with Crippen molar-refractivity contribution in [1.29, 1.82) is 0 Å². The van der Waals surface area contributed by atoms with Gasteiger partial charge in [-0.05, 0) is 31.6 Å². The van der Waals surface area contributed by atoms with Crippen molar-refractivity contribution in [2.75, 3.05) is 6.54 Å². The Hall–Kier alpha value is -0.570. The average molecular weight is 182 g/mol. The number of piperidine rings is 1. The molecule has 2 bridgehead atoms. The summed E-state index contributed by atoms with van der Waals surface area (Å²) in [7, 11) is 0. The fourth-order valence-corrected chi connectivity index (χ4v) is 2.63. The van der Waals surface area contributed by atoms with E-state index in [2.05, 4.69) is 10.6 Å². The maximum atomic E-state index is 10.7. The minimum atomic E-state index is 0.103. The van der Waals surface area contributed by atoms with Crippen LogP contribution in [0.1, 0.15) is 32.6 Å². The van der Waals surface area contributed by atoms with Crippen LogP contribution in [0.5, 0.6) is 0 Å². The zero-order chi connectivity index (χ0) is 9.26. The molecule has 2 aliphatic rings. The van der Waals surface area contributed by atoms with Gasteiger partial charge in [0.25, 0.3) is 0 Å². The largest absolute Gasteiger partial charge is 0.356 e. The second-order valence-electron chi connectivity index (χ2n) is 4.41. The minimum Gasteiger partial charge on any atom is -0.356 e. The van der Waals surface area contributed by atoms with E-state index in [-0.39, 0.29) is 5.91 Å². The number of carbonyl (C=O) groups is 1. The van der Waals surface area contributed by atoms with E-state index < -0.39 is 0 Å². The number of amides is 1. The van der Waals surface area contributed by atoms with E-state index in [1.807, 2.05) is 0 Å². The van der Waals surface area contributed by atoms with E-state index >= 15 is 0 Å². The molecule has 1 amide bonds. The van der Waals surface area contributed by atoms with Crippen molar-refractivity contribution >= 4 is 5.91 Å². The summed E-state index contributed by atoms with van der Waals surface area (Å²) in [4.78, 5) is 10.7. The van der Waals surface area contributed by atoms with Gasteiger partial charge >= 0.3 is 0 Å². The molecule has 2 aliphatic heterocycles. The Morgan fingerprint density at radius 1 is 1.38 bits per heavy atom. The van der Waals surface area contributed by atoms with Gasteiger partial charge in [-0.15, -0.1) is 0 Å². The van der Waals surface area contributed by atoms with Gasteiger partial charge in [0, 0.05) is 25.6 Å². The third-order valence-electron chi connectivity index (χ3n) is 3.21. The predicted molar refractivity (Wildman–Crippen MR) is 51.4 cm³/mol. The second kappa shape index (κ2) is 3.66. The Morgan fingerprint density at radius 3 is 2.54 bits per heavy atom. The van der Waals surface area contributed by atoms with Crippen molar-refractivity contribution < 1.29 is 4.79 Å². The first-order chi connectivity index (χ1) is 6.24. The van der Waals surface area contributed by atoms with Crippen molar-refractivity contribution in [2.45, 2.75) is 44.7 Å². The lowest BCUT2D eigenvalue weighted by atomic mass is 9.92. The fraction of sp³-hybridized carbons (Fsp3) is 0.900. The number of fused-ring (bicyclic) bond motifs is 2. The van der Waals surface area contributed by atoms with Crippen LogP contribution in [0.25, 0.3) is 0 Å².